The number of hydrogen-bond acceptors (Lipinski definition) is 3. The Hall–Kier alpha value is -0.800. The van der Waals surface area contributed by atoms with Gasteiger partial charge in [0.2, 0.25) is 0 Å². The van der Waals surface area contributed by atoms with Gasteiger partial charge in [-0.15, -0.1) is 0 Å². The highest BCUT2D eigenvalue weighted by atomic mass is 35.5. The lowest BCUT2D eigenvalue weighted by molar-refractivity contribution is 0.446. The molecular formula is C17H28ClN3. The van der Waals surface area contributed by atoms with Crippen LogP contribution in [-0.4, -0.2) is 24.1 Å². The first kappa shape index (κ1) is 16.6. The van der Waals surface area contributed by atoms with Crippen LogP contribution in [0.25, 0.3) is 0 Å². The summed E-state index contributed by atoms with van der Waals surface area (Å²) in [5, 5.41) is 4.20. The van der Waals surface area contributed by atoms with Crippen molar-refractivity contribution in [2.24, 2.45) is 5.92 Å². The number of hydrogen-bond donors (Lipinski definition) is 1. The molecule has 1 aromatic rings. The smallest absolute Gasteiger partial charge is 0.129 e. The Morgan fingerprint density at radius 3 is 2.90 bits per heavy atom. The summed E-state index contributed by atoms with van der Waals surface area (Å²) < 4.78 is 0. The molecule has 1 fully saturated rings. The minimum absolute atomic E-state index is 0.629. The van der Waals surface area contributed by atoms with Crippen LogP contribution in [0.5, 0.6) is 0 Å². The lowest BCUT2D eigenvalue weighted by Gasteiger charge is -2.36. The first-order chi connectivity index (χ1) is 10.1. The maximum atomic E-state index is 6.30. The molecule has 1 aliphatic heterocycles. The molecule has 21 heavy (non-hydrogen) atoms. The van der Waals surface area contributed by atoms with E-state index < -0.39 is 0 Å². The summed E-state index contributed by atoms with van der Waals surface area (Å²) >= 11 is 6.30. The second-order valence-electron chi connectivity index (χ2n) is 6.37. The van der Waals surface area contributed by atoms with Gasteiger partial charge >= 0.3 is 0 Å². The highest BCUT2D eigenvalue weighted by Gasteiger charge is 2.22. The van der Waals surface area contributed by atoms with Crippen molar-refractivity contribution >= 4 is 17.4 Å². The standard InChI is InChI=1S/C17H28ClN3/c1-4-14-7-5-6-10-21(14)17-9-8-15(18)16(20-17)12-19-11-13(2)3/h8-9,13-14,19H,4-7,10-12H2,1-3H3. The maximum absolute atomic E-state index is 6.30. The van der Waals surface area contributed by atoms with E-state index >= 15 is 0 Å². The summed E-state index contributed by atoms with van der Waals surface area (Å²) in [7, 11) is 0. The Morgan fingerprint density at radius 2 is 2.19 bits per heavy atom. The molecule has 1 saturated heterocycles. The molecule has 0 saturated carbocycles. The predicted molar refractivity (Wildman–Crippen MR) is 91.1 cm³/mol. The van der Waals surface area contributed by atoms with Crippen molar-refractivity contribution in [2.75, 3.05) is 18.0 Å². The zero-order chi connectivity index (χ0) is 15.2. The van der Waals surface area contributed by atoms with Crippen LogP contribution >= 0.6 is 11.6 Å². The van der Waals surface area contributed by atoms with Crippen molar-refractivity contribution in [3.8, 4) is 0 Å². The molecule has 0 bridgehead atoms. The molecule has 3 nitrogen and oxygen atoms in total. The van der Waals surface area contributed by atoms with Gasteiger partial charge in [-0.1, -0.05) is 32.4 Å². The number of aromatic nitrogens is 1. The van der Waals surface area contributed by atoms with Crippen LogP contribution in [0.1, 0.15) is 52.1 Å². The zero-order valence-electron chi connectivity index (χ0n) is 13.5. The Kier molecular flexibility index (Phi) is 6.31. The number of halogens is 1. The van der Waals surface area contributed by atoms with Gasteiger partial charge in [0.1, 0.15) is 5.82 Å². The number of piperidine rings is 1. The lowest BCUT2D eigenvalue weighted by Crippen LogP contribution is -2.39. The molecule has 4 heteroatoms. The molecule has 0 radical (unpaired) electrons. The normalized spacial score (nSPS) is 19.3. The van der Waals surface area contributed by atoms with Gasteiger partial charge < -0.3 is 10.2 Å². The summed E-state index contributed by atoms with van der Waals surface area (Å²) in [6, 6.07) is 4.70. The van der Waals surface area contributed by atoms with E-state index in [1.807, 2.05) is 6.07 Å². The van der Waals surface area contributed by atoms with E-state index in [0.717, 1.165) is 36.2 Å². The second-order valence-corrected chi connectivity index (χ2v) is 6.78. The minimum atomic E-state index is 0.629. The molecule has 1 N–H and O–H groups in total. The van der Waals surface area contributed by atoms with Crippen LogP contribution in [0.15, 0.2) is 12.1 Å². The largest absolute Gasteiger partial charge is 0.354 e. The van der Waals surface area contributed by atoms with Crippen LogP contribution in [0.4, 0.5) is 5.82 Å². The minimum Gasteiger partial charge on any atom is -0.354 e. The van der Waals surface area contributed by atoms with Crippen molar-refractivity contribution in [2.45, 2.75) is 59.0 Å². The summed E-state index contributed by atoms with van der Waals surface area (Å²) in [5.74, 6) is 1.73. The van der Waals surface area contributed by atoms with Crippen LogP contribution in [0.3, 0.4) is 0 Å². The summed E-state index contributed by atoms with van der Waals surface area (Å²) in [6.45, 7) is 9.53. The summed E-state index contributed by atoms with van der Waals surface area (Å²) in [5.41, 5.74) is 0.968. The average molecular weight is 310 g/mol. The summed E-state index contributed by atoms with van der Waals surface area (Å²) in [6.07, 6.45) is 5.07. The SMILES string of the molecule is CCC1CCCCN1c1ccc(Cl)c(CNCC(C)C)n1. The Labute approximate surface area is 134 Å². The van der Waals surface area contributed by atoms with Gasteiger partial charge in [0, 0.05) is 19.1 Å². The average Bonchev–Trinajstić information content (AvgIpc) is 2.49. The maximum Gasteiger partial charge on any atom is 0.129 e. The number of rotatable bonds is 6. The van der Waals surface area contributed by atoms with Crippen molar-refractivity contribution in [3.05, 3.63) is 22.8 Å². The van der Waals surface area contributed by atoms with E-state index in [-0.39, 0.29) is 0 Å². The highest BCUT2D eigenvalue weighted by molar-refractivity contribution is 6.31. The van der Waals surface area contributed by atoms with Crippen LogP contribution in [0, 0.1) is 5.92 Å². The molecular weight excluding hydrogens is 282 g/mol. The van der Waals surface area contributed by atoms with Gasteiger partial charge in [-0.3, -0.25) is 0 Å². The molecule has 118 valence electrons. The second kappa shape index (κ2) is 8.00. The van der Waals surface area contributed by atoms with Crippen molar-refractivity contribution in [1.29, 1.82) is 0 Å². The van der Waals surface area contributed by atoms with Gasteiger partial charge in [-0.05, 0) is 50.3 Å². The third kappa shape index (κ3) is 4.58. The summed E-state index contributed by atoms with van der Waals surface area (Å²) in [4.78, 5) is 7.29. The molecule has 0 spiro atoms. The Morgan fingerprint density at radius 1 is 1.38 bits per heavy atom. The topological polar surface area (TPSA) is 28.2 Å². The van der Waals surface area contributed by atoms with Crippen molar-refractivity contribution in [3.63, 3.8) is 0 Å². The van der Waals surface area contributed by atoms with E-state index in [0.29, 0.717) is 12.0 Å². The number of nitrogens with zero attached hydrogens (tertiary/aromatic N) is 2. The Bertz CT molecular complexity index is 448. The van der Waals surface area contributed by atoms with Gasteiger partial charge in [-0.2, -0.15) is 0 Å². The van der Waals surface area contributed by atoms with E-state index in [1.54, 1.807) is 0 Å². The molecule has 2 rings (SSSR count). The van der Waals surface area contributed by atoms with Gasteiger partial charge in [0.05, 0.1) is 10.7 Å². The van der Waals surface area contributed by atoms with E-state index in [4.69, 9.17) is 16.6 Å². The third-order valence-electron chi connectivity index (χ3n) is 4.14. The molecule has 1 aromatic heterocycles. The molecule has 0 aromatic carbocycles. The molecule has 0 aliphatic carbocycles. The van der Waals surface area contributed by atoms with Gasteiger partial charge in [-0.25, -0.2) is 4.98 Å². The Balaban J connectivity index is 2.09. The number of nitrogens with one attached hydrogen (secondary N) is 1. The molecule has 0 amide bonds. The highest BCUT2D eigenvalue weighted by Crippen LogP contribution is 2.27. The molecule has 1 atom stereocenters. The van der Waals surface area contributed by atoms with Crippen molar-refractivity contribution in [1.82, 2.24) is 10.3 Å². The molecule has 1 aliphatic rings. The van der Waals surface area contributed by atoms with E-state index in [9.17, 15) is 0 Å². The van der Waals surface area contributed by atoms with Crippen LogP contribution in [-0.2, 0) is 6.54 Å². The lowest BCUT2D eigenvalue weighted by atomic mass is 10.00. The monoisotopic (exact) mass is 309 g/mol. The van der Waals surface area contributed by atoms with Gasteiger partial charge in [0.15, 0.2) is 0 Å². The fourth-order valence-electron chi connectivity index (χ4n) is 2.96. The quantitative estimate of drug-likeness (QED) is 0.851. The van der Waals surface area contributed by atoms with E-state index in [2.05, 4.69) is 37.1 Å². The zero-order valence-corrected chi connectivity index (χ0v) is 14.3. The first-order valence-electron chi connectivity index (χ1n) is 8.24. The molecule has 2 heterocycles. The van der Waals surface area contributed by atoms with E-state index in [1.165, 1.54) is 25.7 Å². The van der Waals surface area contributed by atoms with Gasteiger partial charge in [0.25, 0.3) is 0 Å². The fraction of sp³-hybridized carbons (Fsp3) is 0.706. The first-order valence-corrected chi connectivity index (χ1v) is 8.62. The third-order valence-corrected chi connectivity index (χ3v) is 4.49. The van der Waals surface area contributed by atoms with Crippen LogP contribution in [0.2, 0.25) is 5.02 Å². The van der Waals surface area contributed by atoms with Crippen LogP contribution < -0.4 is 10.2 Å². The fourth-order valence-corrected chi connectivity index (χ4v) is 3.13. The predicted octanol–water partition coefficient (Wildman–Crippen LogP) is 4.25. The number of anilines is 1. The van der Waals surface area contributed by atoms with Crippen molar-refractivity contribution < 1.29 is 0 Å². The molecule has 1 unspecified atom stereocenters. The number of pyridine rings is 1.